The molecule has 0 aromatic rings. The largest absolute Gasteiger partial charge is 0.310 e. The van der Waals surface area contributed by atoms with Gasteiger partial charge in [-0.05, 0) is 10.8 Å². The molecule has 1 heterocycles. The maximum absolute atomic E-state index is 3.29. The van der Waals surface area contributed by atoms with E-state index in [1.807, 2.05) is 11.8 Å². The summed E-state index contributed by atoms with van der Waals surface area (Å²) in [7, 11) is 0. The molecule has 1 aliphatic rings. The molecule has 0 saturated heterocycles. The van der Waals surface area contributed by atoms with E-state index in [2.05, 4.69) is 25.2 Å². The second-order valence-electron chi connectivity index (χ2n) is 2.85. The minimum atomic E-state index is 0.765. The third kappa shape index (κ3) is 2.76. The Hall–Kier alpha value is 0.0500. The van der Waals surface area contributed by atoms with Gasteiger partial charge in [-0.3, -0.25) is 0 Å². The van der Waals surface area contributed by atoms with Gasteiger partial charge in [0.1, 0.15) is 0 Å². The molecule has 1 aliphatic heterocycles. The molecule has 1 rings (SSSR count). The van der Waals surface area contributed by atoms with Crippen molar-refractivity contribution in [2.24, 2.45) is 0 Å². The maximum Gasteiger partial charge on any atom is 0.0176 e. The van der Waals surface area contributed by atoms with Crippen molar-refractivity contribution < 1.29 is 0 Å². The van der Waals surface area contributed by atoms with Crippen molar-refractivity contribution in [3.05, 3.63) is 11.6 Å². The highest BCUT2D eigenvalue weighted by Gasteiger charge is 2.03. The first-order chi connectivity index (χ1) is 4.79. The zero-order chi connectivity index (χ0) is 7.40. The summed E-state index contributed by atoms with van der Waals surface area (Å²) >= 11 is 2.02. The lowest BCUT2D eigenvalue weighted by Gasteiger charge is -2.04. The van der Waals surface area contributed by atoms with Crippen LogP contribution in [0.2, 0.25) is 0 Å². The molecule has 1 nitrogen and oxygen atoms in total. The molecule has 0 atom stereocenters. The van der Waals surface area contributed by atoms with Crippen molar-refractivity contribution in [1.82, 2.24) is 5.32 Å². The summed E-state index contributed by atoms with van der Waals surface area (Å²) in [4.78, 5) is 0. The van der Waals surface area contributed by atoms with Gasteiger partial charge in [0.15, 0.2) is 0 Å². The number of nitrogens with one attached hydrogen (secondary N) is 1. The van der Waals surface area contributed by atoms with Crippen LogP contribution >= 0.6 is 11.8 Å². The van der Waals surface area contributed by atoms with Gasteiger partial charge >= 0.3 is 0 Å². The van der Waals surface area contributed by atoms with Gasteiger partial charge in [-0.25, -0.2) is 0 Å². The average molecular weight is 157 g/mol. The Morgan fingerprint density at radius 3 is 3.00 bits per heavy atom. The van der Waals surface area contributed by atoms with Crippen LogP contribution < -0.4 is 5.32 Å². The predicted octanol–water partition coefficient (Wildman–Crippen LogP) is 1.66. The van der Waals surface area contributed by atoms with Crippen LogP contribution in [-0.2, 0) is 0 Å². The summed E-state index contributed by atoms with van der Waals surface area (Å²) in [6.07, 6.45) is 2.30. The molecular formula is C8H15NS. The van der Waals surface area contributed by atoms with E-state index in [0.717, 1.165) is 18.3 Å². The van der Waals surface area contributed by atoms with Crippen LogP contribution in [0.25, 0.3) is 0 Å². The number of hydrogen-bond acceptors (Lipinski definition) is 2. The summed E-state index contributed by atoms with van der Waals surface area (Å²) in [5.74, 6) is 1.21. The molecule has 0 aromatic heterocycles. The van der Waals surface area contributed by atoms with E-state index in [1.165, 1.54) is 5.75 Å². The molecule has 0 saturated carbocycles. The maximum atomic E-state index is 3.29. The van der Waals surface area contributed by atoms with Gasteiger partial charge in [0.25, 0.3) is 0 Å². The molecule has 0 amide bonds. The molecule has 10 heavy (non-hydrogen) atoms. The summed E-state index contributed by atoms with van der Waals surface area (Å²) in [6, 6.07) is 0. The highest BCUT2D eigenvalue weighted by molar-refractivity contribution is 8.00. The molecule has 2 heteroatoms. The van der Waals surface area contributed by atoms with Gasteiger partial charge in [0.2, 0.25) is 0 Å². The predicted molar refractivity (Wildman–Crippen MR) is 48.5 cm³/mol. The van der Waals surface area contributed by atoms with Gasteiger partial charge < -0.3 is 5.32 Å². The molecule has 0 radical (unpaired) electrons. The van der Waals surface area contributed by atoms with Crippen LogP contribution in [0.1, 0.15) is 13.8 Å². The van der Waals surface area contributed by atoms with Gasteiger partial charge in [0.05, 0.1) is 0 Å². The Morgan fingerprint density at radius 2 is 2.50 bits per heavy atom. The lowest BCUT2D eigenvalue weighted by Crippen LogP contribution is -2.09. The monoisotopic (exact) mass is 157 g/mol. The van der Waals surface area contributed by atoms with Crippen molar-refractivity contribution in [2.75, 3.05) is 18.8 Å². The average Bonchev–Trinajstić information content (AvgIpc) is 2.34. The molecular weight excluding hydrogens is 142 g/mol. The van der Waals surface area contributed by atoms with Crippen LogP contribution in [0.3, 0.4) is 0 Å². The molecule has 0 aliphatic carbocycles. The van der Waals surface area contributed by atoms with E-state index in [-0.39, 0.29) is 0 Å². The summed E-state index contributed by atoms with van der Waals surface area (Å²) in [5.41, 5.74) is 1.57. The number of rotatable bonds is 3. The Bertz CT molecular complexity index is 129. The van der Waals surface area contributed by atoms with Crippen molar-refractivity contribution >= 4 is 11.8 Å². The lowest BCUT2D eigenvalue weighted by molar-refractivity contribution is 0.876. The SMILES string of the molecule is CC(C)SCC1=CCNC1. The Labute approximate surface area is 67.3 Å². The van der Waals surface area contributed by atoms with Crippen molar-refractivity contribution in [3.63, 3.8) is 0 Å². The van der Waals surface area contributed by atoms with Gasteiger partial charge in [-0.2, -0.15) is 11.8 Å². The molecule has 0 spiro atoms. The van der Waals surface area contributed by atoms with Crippen LogP contribution in [0.15, 0.2) is 11.6 Å². The van der Waals surface area contributed by atoms with Crippen LogP contribution in [0.4, 0.5) is 0 Å². The van der Waals surface area contributed by atoms with Crippen molar-refractivity contribution in [1.29, 1.82) is 0 Å². The third-order valence-corrected chi connectivity index (χ3v) is 2.69. The highest BCUT2D eigenvalue weighted by Crippen LogP contribution is 2.14. The summed E-state index contributed by atoms with van der Waals surface area (Å²) < 4.78 is 0. The van der Waals surface area contributed by atoms with Crippen LogP contribution in [-0.4, -0.2) is 24.1 Å². The Morgan fingerprint density at radius 1 is 1.70 bits per heavy atom. The smallest absolute Gasteiger partial charge is 0.0176 e. The fourth-order valence-electron chi connectivity index (χ4n) is 0.905. The normalized spacial score (nSPS) is 18.1. The van der Waals surface area contributed by atoms with E-state index < -0.39 is 0 Å². The van der Waals surface area contributed by atoms with Gasteiger partial charge in [-0.15, -0.1) is 0 Å². The summed E-state index contributed by atoms with van der Waals surface area (Å²) in [5, 5.41) is 4.06. The molecule has 0 fully saturated rings. The molecule has 0 unspecified atom stereocenters. The summed E-state index contributed by atoms with van der Waals surface area (Å²) in [6.45, 7) is 6.68. The zero-order valence-corrected chi connectivity index (χ0v) is 7.50. The standard InChI is InChI=1S/C8H15NS/c1-7(2)10-6-8-3-4-9-5-8/h3,7,9H,4-6H2,1-2H3. The third-order valence-electron chi connectivity index (χ3n) is 1.49. The molecule has 1 N–H and O–H groups in total. The highest BCUT2D eigenvalue weighted by atomic mass is 32.2. The van der Waals surface area contributed by atoms with E-state index in [1.54, 1.807) is 5.57 Å². The second-order valence-corrected chi connectivity index (χ2v) is 4.42. The second kappa shape index (κ2) is 4.04. The molecule has 0 bridgehead atoms. The fraction of sp³-hybridized carbons (Fsp3) is 0.750. The minimum absolute atomic E-state index is 0.765. The first-order valence-corrected chi connectivity index (χ1v) is 4.84. The molecule has 58 valence electrons. The van der Waals surface area contributed by atoms with Gasteiger partial charge in [-0.1, -0.05) is 19.9 Å². The van der Waals surface area contributed by atoms with E-state index in [0.29, 0.717) is 0 Å². The first kappa shape index (κ1) is 8.15. The van der Waals surface area contributed by atoms with Crippen LogP contribution in [0, 0.1) is 0 Å². The van der Waals surface area contributed by atoms with E-state index >= 15 is 0 Å². The zero-order valence-electron chi connectivity index (χ0n) is 6.68. The van der Waals surface area contributed by atoms with Crippen LogP contribution in [0.5, 0.6) is 0 Å². The Balaban J connectivity index is 2.13. The van der Waals surface area contributed by atoms with E-state index in [4.69, 9.17) is 0 Å². The lowest BCUT2D eigenvalue weighted by atomic mass is 10.3. The molecule has 0 aromatic carbocycles. The van der Waals surface area contributed by atoms with Crippen molar-refractivity contribution in [2.45, 2.75) is 19.1 Å². The number of thioether (sulfide) groups is 1. The fourth-order valence-corrected chi connectivity index (χ4v) is 1.67. The minimum Gasteiger partial charge on any atom is -0.310 e. The Kier molecular flexibility index (Phi) is 3.29. The quantitative estimate of drug-likeness (QED) is 0.625. The van der Waals surface area contributed by atoms with Gasteiger partial charge in [0, 0.05) is 18.8 Å². The van der Waals surface area contributed by atoms with E-state index in [9.17, 15) is 0 Å². The van der Waals surface area contributed by atoms with Crippen molar-refractivity contribution in [3.8, 4) is 0 Å². The topological polar surface area (TPSA) is 12.0 Å². The number of hydrogen-bond donors (Lipinski definition) is 1. The first-order valence-electron chi connectivity index (χ1n) is 3.79.